The van der Waals surface area contributed by atoms with Crippen molar-refractivity contribution >= 4 is 17.5 Å². The molecule has 0 atom stereocenters. The van der Waals surface area contributed by atoms with Crippen LogP contribution in [0.15, 0.2) is 54.9 Å². The first-order chi connectivity index (χ1) is 11.7. The van der Waals surface area contributed by atoms with Crippen molar-refractivity contribution in [3.05, 3.63) is 60.4 Å². The third-order valence-corrected chi connectivity index (χ3v) is 4.01. The zero-order chi connectivity index (χ0) is 16.8. The first kappa shape index (κ1) is 16.1. The molecule has 2 aromatic rings. The molecule has 1 fully saturated rings. The Balaban J connectivity index is 1.47. The average Bonchev–Trinajstić information content (AvgIpc) is 2.63. The molecule has 1 aromatic heterocycles. The lowest BCUT2D eigenvalue weighted by molar-refractivity contribution is -0.117. The first-order valence-corrected chi connectivity index (χ1v) is 7.99. The van der Waals surface area contributed by atoms with Gasteiger partial charge in [0.25, 0.3) is 5.91 Å². The van der Waals surface area contributed by atoms with Crippen LogP contribution in [0.25, 0.3) is 0 Å². The molecule has 1 aliphatic rings. The molecule has 24 heavy (non-hydrogen) atoms. The van der Waals surface area contributed by atoms with Gasteiger partial charge in [0.1, 0.15) is 0 Å². The number of amides is 2. The molecule has 0 spiro atoms. The van der Waals surface area contributed by atoms with Gasteiger partial charge in [-0.05, 0) is 24.3 Å². The molecule has 0 bridgehead atoms. The van der Waals surface area contributed by atoms with E-state index in [9.17, 15) is 9.59 Å². The number of anilines is 1. The molecule has 0 saturated carbocycles. The van der Waals surface area contributed by atoms with Gasteiger partial charge in [0.15, 0.2) is 0 Å². The minimum Gasteiger partial charge on any atom is -0.336 e. The summed E-state index contributed by atoms with van der Waals surface area (Å²) in [5, 5.41) is 2.88. The maximum atomic E-state index is 12.4. The Morgan fingerprint density at radius 2 is 1.62 bits per heavy atom. The van der Waals surface area contributed by atoms with Gasteiger partial charge in [0.2, 0.25) is 5.91 Å². The molecule has 1 saturated heterocycles. The van der Waals surface area contributed by atoms with Crippen LogP contribution >= 0.6 is 0 Å². The molecule has 0 radical (unpaired) electrons. The second-order valence-electron chi connectivity index (χ2n) is 5.72. The van der Waals surface area contributed by atoms with Gasteiger partial charge in [-0.3, -0.25) is 19.5 Å². The quantitative estimate of drug-likeness (QED) is 0.925. The number of benzene rings is 1. The average molecular weight is 324 g/mol. The minimum atomic E-state index is -0.0323. The van der Waals surface area contributed by atoms with Gasteiger partial charge in [0.05, 0.1) is 6.54 Å². The fourth-order valence-corrected chi connectivity index (χ4v) is 2.71. The summed E-state index contributed by atoms with van der Waals surface area (Å²) < 4.78 is 0. The lowest BCUT2D eigenvalue weighted by Crippen LogP contribution is -2.50. The summed E-state index contributed by atoms with van der Waals surface area (Å²) in [7, 11) is 0. The third kappa shape index (κ3) is 4.17. The number of nitrogens with one attached hydrogen (secondary N) is 1. The highest BCUT2D eigenvalue weighted by Gasteiger charge is 2.23. The highest BCUT2D eigenvalue weighted by atomic mass is 16.2. The maximum absolute atomic E-state index is 12.4. The Hall–Kier alpha value is -2.73. The minimum absolute atomic E-state index is 0.0192. The van der Waals surface area contributed by atoms with E-state index in [1.165, 1.54) is 0 Å². The van der Waals surface area contributed by atoms with Gasteiger partial charge >= 0.3 is 0 Å². The predicted octanol–water partition coefficient (Wildman–Crippen LogP) is 1.48. The molecule has 6 nitrogen and oxygen atoms in total. The van der Waals surface area contributed by atoms with Crippen molar-refractivity contribution in [3.8, 4) is 0 Å². The highest BCUT2D eigenvalue weighted by Crippen LogP contribution is 2.09. The zero-order valence-corrected chi connectivity index (χ0v) is 13.4. The van der Waals surface area contributed by atoms with Crippen LogP contribution < -0.4 is 5.32 Å². The van der Waals surface area contributed by atoms with Crippen LogP contribution in [0, 0.1) is 0 Å². The largest absolute Gasteiger partial charge is 0.336 e. The van der Waals surface area contributed by atoms with E-state index in [4.69, 9.17) is 0 Å². The van der Waals surface area contributed by atoms with Crippen molar-refractivity contribution in [2.24, 2.45) is 0 Å². The van der Waals surface area contributed by atoms with Crippen molar-refractivity contribution in [2.45, 2.75) is 0 Å². The number of aromatic nitrogens is 1. The van der Waals surface area contributed by atoms with E-state index in [1.807, 2.05) is 35.2 Å². The summed E-state index contributed by atoms with van der Waals surface area (Å²) in [5.41, 5.74) is 1.45. The van der Waals surface area contributed by atoms with Gasteiger partial charge in [-0.25, -0.2) is 0 Å². The lowest BCUT2D eigenvalue weighted by atomic mass is 10.2. The van der Waals surface area contributed by atoms with E-state index < -0.39 is 0 Å². The summed E-state index contributed by atoms with van der Waals surface area (Å²) in [6.07, 6.45) is 3.24. The molecule has 2 amide bonds. The number of rotatable bonds is 4. The van der Waals surface area contributed by atoms with Crippen LogP contribution in [-0.2, 0) is 4.79 Å². The molecular formula is C18H20N4O2. The summed E-state index contributed by atoms with van der Waals surface area (Å²) >= 11 is 0. The van der Waals surface area contributed by atoms with E-state index in [0.29, 0.717) is 38.3 Å². The molecule has 1 N–H and O–H groups in total. The number of para-hydroxylation sites is 1. The molecule has 2 heterocycles. The molecule has 0 aliphatic carbocycles. The number of pyridine rings is 1. The van der Waals surface area contributed by atoms with E-state index >= 15 is 0 Å². The maximum Gasteiger partial charge on any atom is 0.254 e. The van der Waals surface area contributed by atoms with Gasteiger partial charge in [-0.15, -0.1) is 0 Å². The molecule has 6 heteroatoms. The Kier molecular flexibility index (Phi) is 5.18. The molecule has 1 aromatic carbocycles. The smallest absolute Gasteiger partial charge is 0.254 e. The van der Waals surface area contributed by atoms with Crippen LogP contribution in [0.5, 0.6) is 0 Å². The van der Waals surface area contributed by atoms with Crippen molar-refractivity contribution in [1.82, 2.24) is 14.8 Å². The number of carbonyl (C=O) groups is 2. The van der Waals surface area contributed by atoms with E-state index in [2.05, 4.69) is 15.2 Å². The fraction of sp³-hybridized carbons (Fsp3) is 0.278. The molecule has 0 unspecified atom stereocenters. The van der Waals surface area contributed by atoms with Crippen molar-refractivity contribution in [3.63, 3.8) is 0 Å². The zero-order valence-electron chi connectivity index (χ0n) is 13.4. The normalized spacial score (nSPS) is 15.1. The van der Waals surface area contributed by atoms with E-state index in [0.717, 1.165) is 5.69 Å². The van der Waals surface area contributed by atoms with Crippen LogP contribution in [0.4, 0.5) is 5.69 Å². The van der Waals surface area contributed by atoms with E-state index in [-0.39, 0.29) is 11.8 Å². The van der Waals surface area contributed by atoms with Crippen molar-refractivity contribution in [1.29, 1.82) is 0 Å². The first-order valence-electron chi connectivity index (χ1n) is 7.99. The number of hydrogen-bond donors (Lipinski definition) is 1. The number of hydrogen-bond acceptors (Lipinski definition) is 4. The summed E-state index contributed by atoms with van der Waals surface area (Å²) in [6.45, 7) is 2.98. The Labute approximate surface area is 141 Å². The van der Waals surface area contributed by atoms with Crippen LogP contribution in [0.1, 0.15) is 10.4 Å². The molecular weight excluding hydrogens is 304 g/mol. The highest BCUT2D eigenvalue weighted by molar-refractivity contribution is 5.94. The van der Waals surface area contributed by atoms with Crippen LogP contribution in [0.3, 0.4) is 0 Å². The second kappa shape index (κ2) is 7.70. The summed E-state index contributed by atoms with van der Waals surface area (Å²) in [5.74, 6) is -0.0131. The lowest BCUT2D eigenvalue weighted by Gasteiger charge is -2.34. The fourth-order valence-electron chi connectivity index (χ4n) is 2.71. The van der Waals surface area contributed by atoms with Crippen molar-refractivity contribution < 1.29 is 9.59 Å². The van der Waals surface area contributed by atoms with Gasteiger partial charge < -0.3 is 10.2 Å². The Bertz CT molecular complexity index is 683. The Morgan fingerprint density at radius 3 is 2.29 bits per heavy atom. The molecule has 1 aliphatic heterocycles. The monoisotopic (exact) mass is 324 g/mol. The molecule has 124 valence electrons. The van der Waals surface area contributed by atoms with E-state index in [1.54, 1.807) is 24.5 Å². The van der Waals surface area contributed by atoms with Crippen molar-refractivity contribution in [2.75, 3.05) is 38.0 Å². The summed E-state index contributed by atoms with van der Waals surface area (Å²) in [4.78, 5) is 32.3. The van der Waals surface area contributed by atoms with Crippen LogP contribution in [-0.4, -0.2) is 59.3 Å². The number of piperazine rings is 1. The number of carbonyl (C=O) groups excluding carboxylic acids is 2. The predicted molar refractivity (Wildman–Crippen MR) is 91.7 cm³/mol. The van der Waals surface area contributed by atoms with Crippen LogP contribution in [0.2, 0.25) is 0 Å². The van der Waals surface area contributed by atoms with Gasteiger partial charge in [-0.1, -0.05) is 18.2 Å². The number of nitrogens with zero attached hydrogens (tertiary/aromatic N) is 3. The standard InChI is InChI=1S/C18H20N4O2/c23-17(20-16-4-2-1-3-5-16)14-21-10-12-22(13-11-21)18(24)15-6-8-19-9-7-15/h1-9H,10-14H2,(H,20,23). The topological polar surface area (TPSA) is 65.5 Å². The summed E-state index contributed by atoms with van der Waals surface area (Å²) in [6, 6.07) is 12.9. The molecule has 3 rings (SSSR count). The second-order valence-corrected chi connectivity index (χ2v) is 5.72. The third-order valence-electron chi connectivity index (χ3n) is 4.01. The SMILES string of the molecule is O=C(CN1CCN(C(=O)c2ccncc2)CC1)Nc1ccccc1. The Morgan fingerprint density at radius 1 is 0.958 bits per heavy atom. The van der Waals surface area contributed by atoms with Gasteiger partial charge in [-0.2, -0.15) is 0 Å². The van der Waals surface area contributed by atoms with Gasteiger partial charge in [0, 0.05) is 49.8 Å².